The fourth-order valence-corrected chi connectivity index (χ4v) is 7.33. The number of likely N-dealkylation sites (tertiary alicyclic amines) is 1. The van der Waals surface area contributed by atoms with Gasteiger partial charge in [0.25, 0.3) is 0 Å². The molecule has 1 fully saturated rings. The third-order valence-corrected chi connectivity index (χ3v) is 9.96. The number of sulfonamides is 1. The molecule has 3 aromatic rings. The SMILES string of the molecule is CC(C)(N)C(=O)N[C@H](COCc1ccccc1)C(=O)N1CCC2(CC1)CC(NS(=O)(=O)c1ccccc1)c1ccccc12. The van der Waals surface area contributed by atoms with Crippen molar-refractivity contribution in [1.82, 2.24) is 14.9 Å². The van der Waals surface area contributed by atoms with Gasteiger partial charge in [0, 0.05) is 24.5 Å². The molecule has 228 valence electrons. The summed E-state index contributed by atoms with van der Waals surface area (Å²) in [7, 11) is -3.71. The van der Waals surface area contributed by atoms with Gasteiger partial charge in [-0.25, -0.2) is 13.1 Å². The number of carbonyl (C=O) groups is 2. The Kier molecular flexibility index (Phi) is 9.03. The number of fused-ring (bicyclic) bond motifs is 2. The number of amides is 2. The first kappa shape index (κ1) is 30.9. The van der Waals surface area contributed by atoms with E-state index in [2.05, 4.69) is 16.1 Å². The van der Waals surface area contributed by atoms with E-state index in [1.54, 1.807) is 49.1 Å². The average Bonchev–Trinajstić information content (AvgIpc) is 3.29. The number of carbonyl (C=O) groups excluding carboxylic acids is 2. The molecule has 4 N–H and O–H groups in total. The molecule has 0 bridgehead atoms. The van der Waals surface area contributed by atoms with E-state index in [-0.39, 0.29) is 28.9 Å². The average molecular weight is 605 g/mol. The van der Waals surface area contributed by atoms with Crippen LogP contribution in [0.2, 0.25) is 0 Å². The van der Waals surface area contributed by atoms with Crippen LogP contribution < -0.4 is 15.8 Å². The lowest BCUT2D eigenvalue weighted by Crippen LogP contribution is -2.59. The zero-order valence-corrected chi connectivity index (χ0v) is 25.5. The molecule has 9 nitrogen and oxygen atoms in total. The van der Waals surface area contributed by atoms with Crippen LogP contribution in [0.4, 0.5) is 0 Å². The first-order valence-electron chi connectivity index (χ1n) is 14.7. The van der Waals surface area contributed by atoms with Crippen LogP contribution in [0.25, 0.3) is 0 Å². The second kappa shape index (κ2) is 12.6. The van der Waals surface area contributed by atoms with E-state index in [1.165, 1.54) is 0 Å². The number of benzene rings is 3. The van der Waals surface area contributed by atoms with Crippen LogP contribution in [0.1, 0.15) is 55.8 Å². The van der Waals surface area contributed by atoms with Crippen LogP contribution in [0.15, 0.2) is 89.8 Å². The molecular weight excluding hydrogens is 564 g/mol. The van der Waals surface area contributed by atoms with Crippen molar-refractivity contribution in [3.8, 4) is 0 Å². The summed E-state index contributed by atoms with van der Waals surface area (Å²) in [5.41, 5.74) is 7.67. The Balaban J connectivity index is 1.28. The number of nitrogens with one attached hydrogen (secondary N) is 2. The molecule has 2 atom stereocenters. The maximum absolute atomic E-state index is 13.8. The fourth-order valence-electron chi connectivity index (χ4n) is 6.09. The molecule has 2 amide bonds. The molecule has 1 unspecified atom stereocenters. The monoisotopic (exact) mass is 604 g/mol. The zero-order valence-electron chi connectivity index (χ0n) is 24.7. The van der Waals surface area contributed by atoms with Crippen molar-refractivity contribution in [3.05, 3.63) is 102 Å². The summed E-state index contributed by atoms with van der Waals surface area (Å²) in [6.45, 7) is 4.47. The summed E-state index contributed by atoms with van der Waals surface area (Å²) in [6.07, 6.45) is 1.96. The van der Waals surface area contributed by atoms with Gasteiger partial charge in [0.05, 0.1) is 23.6 Å². The summed E-state index contributed by atoms with van der Waals surface area (Å²) in [4.78, 5) is 28.5. The number of hydrogen-bond acceptors (Lipinski definition) is 6. The van der Waals surface area contributed by atoms with Crippen LogP contribution in [0.3, 0.4) is 0 Å². The Bertz CT molecular complexity index is 1530. The van der Waals surface area contributed by atoms with Gasteiger partial charge in [-0.05, 0) is 61.9 Å². The van der Waals surface area contributed by atoms with Crippen LogP contribution in [-0.2, 0) is 36.4 Å². The second-order valence-electron chi connectivity index (χ2n) is 12.1. The molecule has 0 radical (unpaired) electrons. The van der Waals surface area contributed by atoms with Crippen LogP contribution in [-0.4, -0.2) is 56.4 Å². The van der Waals surface area contributed by atoms with Gasteiger partial charge in [-0.3, -0.25) is 9.59 Å². The van der Waals surface area contributed by atoms with Gasteiger partial charge in [-0.2, -0.15) is 0 Å². The summed E-state index contributed by atoms with van der Waals surface area (Å²) in [6, 6.07) is 24.8. The summed E-state index contributed by atoms with van der Waals surface area (Å²) in [5.74, 6) is -0.644. The smallest absolute Gasteiger partial charge is 0.247 e. The molecule has 1 spiro atoms. The predicted molar refractivity (Wildman–Crippen MR) is 164 cm³/mol. The fraction of sp³-hybridized carbons (Fsp3) is 0.394. The van der Waals surface area contributed by atoms with Gasteiger partial charge in [-0.15, -0.1) is 0 Å². The molecule has 1 aliphatic heterocycles. The lowest BCUT2D eigenvalue weighted by molar-refractivity contribution is -0.140. The summed E-state index contributed by atoms with van der Waals surface area (Å²) >= 11 is 0. The highest BCUT2D eigenvalue weighted by Crippen LogP contribution is 2.51. The molecule has 0 saturated carbocycles. The molecule has 1 saturated heterocycles. The standard InChI is InChI=1S/C33H40N4O5S/c1-32(2,34)31(39)35-29(23-42-22-24-11-5-3-6-12-24)30(38)37-19-17-33(18-20-37)21-28(26-15-9-10-16-27(26)33)36-43(40,41)25-13-7-4-8-14-25/h3-16,28-29,36H,17-23,34H2,1-2H3,(H,35,39)/t28?,29-/m1/s1. The predicted octanol–water partition coefficient (Wildman–Crippen LogP) is 3.41. The van der Waals surface area contributed by atoms with Gasteiger partial charge < -0.3 is 20.7 Å². The normalized spacial score (nSPS) is 18.7. The third-order valence-electron chi connectivity index (χ3n) is 8.47. The van der Waals surface area contributed by atoms with Crippen molar-refractivity contribution in [2.24, 2.45) is 5.73 Å². The van der Waals surface area contributed by atoms with Crippen LogP contribution in [0.5, 0.6) is 0 Å². The highest BCUT2D eigenvalue weighted by molar-refractivity contribution is 7.89. The number of nitrogens with zero attached hydrogens (tertiary/aromatic N) is 1. The Hall–Kier alpha value is -3.57. The lowest BCUT2D eigenvalue weighted by atomic mass is 9.73. The maximum Gasteiger partial charge on any atom is 0.247 e. The quantitative estimate of drug-likeness (QED) is 0.325. The van der Waals surface area contributed by atoms with E-state index in [0.717, 1.165) is 16.7 Å². The number of rotatable bonds is 10. The minimum atomic E-state index is -3.71. The van der Waals surface area contributed by atoms with Gasteiger partial charge in [0.15, 0.2) is 0 Å². The van der Waals surface area contributed by atoms with E-state index < -0.39 is 27.5 Å². The maximum atomic E-state index is 13.8. The van der Waals surface area contributed by atoms with Gasteiger partial charge in [0.1, 0.15) is 6.04 Å². The van der Waals surface area contributed by atoms with Crippen molar-refractivity contribution in [2.75, 3.05) is 19.7 Å². The number of nitrogens with two attached hydrogens (primary N) is 1. The molecule has 3 aromatic carbocycles. The molecule has 1 heterocycles. The van der Waals surface area contributed by atoms with Gasteiger partial charge in [-0.1, -0.05) is 72.8 Å². The van der Waals surface area contributed by atoms with Crippen LogP contribution in [0, 0.1) is 0 Å². The summed E-state index contributed by atoms with van der Waals surface area (Å²) < 4.78 is 35.2. The number of hydrogen-bond donors (Lipinski definition) is 3. The van der Waals surface area contributed by atoms with E-state index >= 15 is 0 Å². The topological polar surface area (TPSA) is 131 Å². The highest BCUT2D eigenvalue weighted by atomic mass is 32.2. The largest absolute Gasteiger partial charge is 0.374 e. The van der Waals surface area contributed by atoms with Crippen molar-refractivity contribution in [1.29, 1.82) is 0 Å². The van der Waals surface area contributed by atoms with E-state index in [9.17, 15) is 18.0 Å². The van der Waals surface area contributed by atoms with Crippen molar-refractivity contribution in [2.45, 2.75) is 67.6 Å². The van der Waals surface area contributed by atoms with Crippen molar-refractivity contribution in [3.63, 3.8) is 0 Å². The molecule has 0 aromatic heterocycles. The molecule has 5 rings (SSSR count). The van der Waals surface area contributed by atoms with Crippen LogP contribution >= 0.6 is 0 Å². The number of ether oxygens (including phenoxy) is 1. The molecule has 2 aliphatic rings. The Labute approximate surface area is 253 Å². The van der Waals surface area contributed by atoms with E-state index in [1.807, 2.05) is 48.5 Å². The first-order valence-corrected chi connectivity index (χ1v) is 16.1. The Morgan fingerprint density at radius 3 is 2.23 bits per heavy atom. The number of piperidine rings is 1. The second-order valence-corrected chi connectivity index (χ2v) is 13.8. The lowest BCUT2D eigenvalue weighted by Gasteiger charge is -2.41. The van der Waals surface area contributed by atoms with E-state index in [4.69, 9.17) is 10.5 Å². The van der Waals surface area contributed by atoms with Gasteiger partial charge in [0.2, 0.25) is 21.8 Å². The Morgan fingerprint density at radius 2 is 1.58 bits per heavy atom. The first-order chi connectivity index (χ1) is 20.5. The van der Waals surface area contributed by atoms with E-state index in [0.29, 0.717) is 39.0 Å². The minimum Gasteiger partial charge on any atom is -0.374 e. The molecule has 1 aliphatic carbocycles. The summed E-state index contributed by atoms with van der Waals surface area (Å²) in [5, 5.41) is 2.81. The third kappa shape index (κ3) is 6.99. The molecule has 10 heteroatoms. The molecular formula is C33H40N4O5S. The zero-order chi connectivity index (χ0) is 30.7. The van der Waals surface area contributed by atoms with Gasteiger partial charge >= 0.3 is 0 Å². The molecule has 43 heavy (non-hydrogen) atoms. The Morgan fingerprint density at radius 1 is 0.977 bits per heavy atom. The highest BCUT2D eigenvalue weighted by Gasteiger charge is 2.47. The van der Waals surface area contributed by atoms with Crippen molar-refractivity contribution >= 4 is 21.8 Å². The minimum absolute atomic E-state index is 0.0172. The van der Waals surface area contributed by atoms with Crippen molar-refractivity contribution < 1.29 is 22.7 Å².